The standard InChI is InChI=1S/C63H119N2O6P/c1-6-8-10-12-14-16-18-20-22-24-26-27-28-29-30-31-32-33-34-35-36-37-39-40-42-44-46-48-50-52-54-56-62(66)61(60-71-72(68,69)70-59-58-65(3,4)5)64-63(67)57-55-53-51-49-47-45-43-41-38-25-23-21-19-17-15-13-11-9-7-2/h9,11,15,17,21,23,38,41,54,56,61-62,66H,6-8,10,12-14,16,18-20,22,24-37,39-40,42-53,55,57-60H2,1-5H3,(H-,64,67,68,69)/b11-9-,17-15-,23-21-,41-38-,56-54+. The number of hydrogen-bond acceptors (Lipinski definition) is 6. The molecule has 3 unspecified atom stereocenters. The number of carbonyl (C=O) groups excluding carboxylic acids is 1. The van der Waals surface area contributed by atoms with E-state index in [1.807, 2.05) is 27.2 Å². The fourth-order valence-electron chi connectivity index (χ4n) is 8.97. The van der Waals surface area contributed by atoms with Crippen LogP contribution < -0.4 is 10.2 Å². The van der Waals surface area contributed by atoms with Gasteiger partial charge >= 0.3 is 0 Å². The zero-order valence-corrected chi connectivity index (χ0v) is 49.0. The number of carbonyl (C=O) groups is 1. The number of allylic oxidation sites excluding steroid dienone is 9. The molecule has 0 spiro atoms. The van der Waals surface area contributed by atoms with Gasteiger partial charge in [-0.15, -0.1) is 0 Å². The molecule has 422 valence electrons. The summed E-state index contributed by atoms with van der Waals surface area (Å²) in [4.78, 5) is 25.5. The number of nitrogens with one attached hydrogen (secondary N) is 1. The van der Waals surface area contributed by atoms with Gasteiger partial charge in [-0.3, -0.25) is 9.36 Å². The zero-order valence-electron chi connectivity index (χ0n) is 48.1. The first kappa shape index (κ1) is 70.2. The van der Waals surface area contributed by atoms with Crippen LogP contribution in [0.3, 0.4) is 0 Å². The van der Waals surface area contributed by atoms with Gasteiger partial charge in [-0.2, -0.15) is 0 Å². The highest BCUT2D eigenvalue weighted by molar-refractivity contribution is 7.45. The molecule has 0 fully saturated rings. The molecule has 72 heavy (non-hydrogen) atoms. The Hall–Kier alpha value is -1.80. The molecule has 0 aliphatic carbocycles. The average Bonchev–Trinajstić information content (AvgIpc) is 3.34. The van der Waals surface area contributed by atoms with Crippen molar-refractivity contribution in [2.45, 2.75) is 296 Å². The molecule has 0 radical (unpaired) electrons. The Labute approximate surface area is 447 Å². The Kier molecular flexibility index (Phi) is 52.7. The third kappa shape index (κ3) is 55.9. The van der Waals surface area contributed by atoms with Crippen molar-refractivity contribution in [3.63, 3.8) is 0 Å². The summed E-state index contributed by atoms with van der Waals surface area (Å²) >= 11 is 0. The molecule has 9 heteroatoms. The number of phosphoric acid groups is 1. The van der Waals surface area contributed by atoms with Crippen molar-refractivity contribution < 1.29 is 32.9 Å². The van der Waals surface area contributed by atoms with Crippen LogP contribution in [0, 0.1) is 0 Å². The average molecular weight is 1030 g/mol. The number of quaternary nitrogens is 1. The van der Waals surface area contributed by atoms with Crippen LogP contribution in [0.25, 0.3) is 0 Å². The van der Waals surface area contributed by atoms with Crippen LogP contribution in [0.2, 0.25) is 0 Å². The molecule has 8 nitrogen and oxygen atoms in total. The molecule has 0 aliphatic heterocycles. The van der Waals surface area contributed by atoms with Crippen molar-refractivity contribution in [3.8, 4) is 0 Å². The van der Waals surface area contributed by atoms with Crippen LogP contribution in [0.5, 0.6) is 0 Å². The van der Waals surface area contributed by atoms with Gasteiger partial charge in [-0.25, -0.2) is 0 Å². The smallest absolute Gasteiger partial charge is 0.268 e. The van der Waals surface area contributed by atoms with Crippen molar-refractivity contribution in [2.24, 2.45) is 0 Å². The summed E-state index contributed by atoms with van der Waals surface area (Å²) < 4.78 is 23.4. The maximum absolute atomic E-state index is 13.0. The van der Waals surface area contributed by atoms with Gasteiger partial charge in [0.1, 0.15) is 13.2 Å². The molecule has 0 aromatic carbocycles. The minimum atomic E-state index is -4.61. The van der Waals surface area contributed by atoms with Gasteiger partial charge in [0.05, 0.1) is 39.9 Å². The molecule has 0 aromatic rings. The van der Waals surface area contributed by atoms with Crippen molar-refractivity contribution in [1.29, 1.82) is 0 Å². The number of unbranched alkanes of at least 4 members (excludes halogenated alkanes) is 35. The summed E-state index contributed by atoms with van der Waals surface area (Å²) in [7, 11) is 1.25. The summed E-state index contributed by atoms with van der Waals surface area (Å²) in [5.41, 5.74) is 0. The number of rotatable bonds is 56. The topological polar surface area (TPSA) is 108 Å². The van der Waals surface area contributed by atoms with Crippen LogP contribution in [-0.2, 0) is 18.4 Å². The first-order valence-electron chi connectivity index (χ1n) is 30.7. The molecule has 0 rings (SSSR count). The molecule has 0 aliphatic rings. The van der Waals surface area contributed by atoms with Crippen LogP contribution in [-0.4, -0.2) is 68.5 Å². The first-order valence-corrected chi connectivity index (χ1v) is 32.1. The lowest BCUT2D eigenvalue weighted by Gasteiger charge is -2.29. The van der Waals surface area contributed by atoms with E-state index in [0.717, 1.165) is 77.0 Å². The Morgan fingerprint density at radius 3 is 1.24 bits per heavy atom. The lowest BCUT2D eigenvalue weighted by Crippen LogP contribution is -2.45. The number of nitrogens with zero attached hydrogens (tertiary/aromatic N) is 1. The van der Waals surface area contributed by atoms with Gasteiger partial charge in [-0.1, -0.05) is 280 Å². The lowest BCUT2D eigenvalue weighted by molar-refractivity contribution is -0.870. The van der Waals surface area contributed by atoms with Crippen LogP contribution in [0.4, 0.5) is 0 Å². The number of phosphoric ester groups is 1. The molecule has 0 aromatic heterocycles. The second-order valence-corrected chi connectivity index (χ2v) is 23.4. The Morgan fingerprint density at radius 2 is 0.847 bits per heavy atom. The quantitative estimate of drug-likeness (QED) is 0.0272. The highest BCUT2D eigenvalue weighted by atomic mass is 31.2. The number of likely N-dealkylation sites (N-methyl/N-ethyl adjacent to an activating group) is 1. The Balaban J connectivity index is 4.13. The minimum Gasteiger partial charge on any atom is -0.756 e. The Morgan fingerprint density at radius 1 is 0.500 bits per heavy atom. The molecule has 3 atom stereocenters. The Bertz CT molecular complexity index is 1360. The second-order valence-electron chi connectivity index (χ2n) is 22.0. The summed E-state index contributed by atoms with van der Waals surface area (Å²) in [6, 6.07) is -0.898. The lowest BCUT2D eigenvalue weighted by atomic mass is 10.0. The van der Waals surface area contributed by atoms with Crippen LogP contribution in [0.15, 0.2) is 60.8 Å². The predicted molar refractivity (Wildman–Crippen MR) is 311 cm³/mol. The van der Waals surface area contributed by atoms with E-state index in [-0.39, 0.29) is 19.1 Å². The van der Waals surface area contributed by atoms with E-state index in [4.69, 9.17) is 9.05 Å². The van der Waals surface area contributed by atoms with Crippen molar-refractivity contribution in [1.82, 2.24) is 5.32 Å². The molecule has 1 amide bonds. The van der Waals surface area contributed by atoms with Gasteiger partial charge in [0.2, 0.25) is 5.91 Å². The van der Waals surface area contributed by atoms with Gasteiger partial charge in [0, 0.05) is 6.42 Å². The molecular weight excluding hydrogens is 912 g/mol. The normalized spacial score (nSPS) is 14.3. The first-order chi connectivity index (χ1) is 35.0. The van der Waals surface area contributed by atoms with Crippen LogP contribution >= 0.6 is 7.82 Å². The van der Waals surface area contributed by atoms with Gasteiger partial charge in [0.25, 0.3) is 7.82 Å². The largest absolute Gasteiger partial charge is 0.756 e. The van der Waals surface area contributed by atoms with Crippen molar-refractivity contribution in [3.05, 3.63) is 60.8 Å². The minimum absolute atomic E-state index is 0.00607. The third-order valence-corrected chi connectivity index (χ3v) is 14.7. The van der Waals surface area contributed by atoms with E-state index in [1.54, 1.807) is 6.08 Å². The monoisotopic (exact) mass is 1030 g/mol. The van der Waals surface area contributed by atoms with Gasteiger partial charge in [0.15, 0.2) is 0 Å². The highest BCUT2D eigenvalue weighted by Gasteiger charge is 2.23. The molecule has 0 bridgehead atoms. The van der Waals surface area contributed by atoms with Gasteiger partial charge < -0.3 is 28.8 Å². The van der Waals surface area contributed by atoms with E-state index >= 15 is 0 Å². The maximum atomic E-state index is 13.0. The number of amides is 1. The van der Waals surface area contributed by atoms with Crippen LogP contribution in [0.1, 0.15) is 284 Å². The van der Waals surface area contributed by atoms with E-state index in [1.165, 1.54) is 186 Å². The molecule has 0 saturated heterocycles. The number of aliphatic hydroxyl groups excluding tert-OH is 1. The van der Waals surface area contributed by atoms with Crippen molar-refractivity contribution in [2.75, 3.05) is 40.9 Å². The van der Waals surface area contributed by atoms with E-state index in [9.17, 15) is 19.4 Å². The fourth-order valence-corrected chi connectivity index (χ4v) is 9.69. The third-order valence-electron chi connectivity index (χ3n) is 13.7. The fraction of sp³-hybridized carbons (Fsp3) is 0.825. The molecule has 0 saturated carbocycles. The highest BCUT2D eigenvalue weighted by Crippen LogP contribution is 2.38. The summed E-state index contributed by atoms with van der Waals surface area (Å²) in [6.07, 6.45) is 73.2. The molecule has 2 N–H and O–H groups in total. The summed E-state index contributed by atoms with van der Waals surface area (Å²) in [6.45, 7) is 4.55. The predicted octanol–water partition coefficient (Wildman–Crippen LogP) is 18.2. The second kappa shape index (κ2) is 54.0. The summed E-state index contributed by atoms with van der Waals surface area (Å²) in [5, 5.41) is 13.9. The molecule has 0 heterocycles. The number of hydrogen-bond donors (Lipinski definition) is 2. The summed E-state index contributed by atoms with van der Waals surface area (Å²) in [5.74, 6) is -0.210. The molecular formula is C63H119N2O6P. The SMILES string of the molecule is CC/C=C\C/C=C\C/C=C\C/C=C\CCCCCCCCC(=O)NC(COP(=O)([O-])OCC[N+](C)(C)C)C(O)/C=C/CCCCCCCCCCCCCCCCCCCCCCCCCCCCCCC. The van der Waals surface area contributed by atoms with Gasteiger partial charge in [-0.05, 0) is 57.8 Å². The zero-order chi connectivity index (χ0) is 52.7. The maximum Gasteiger partial charge on any atom is 0.268 e. The van der Waals surface area contributed by atoms with E-state index in [0.29, 0.717) is 17.4 Å². The number of aliphatic hydroxyl groups is 1. The van der Waals surface area contributed by atoms with E-state index < -0.39 is 20.0 Å². The van der Waals surface area contributed by atoms with E-state index in [2.05, 4.69) is 67.8 Å². The van der Waals surface area contributed by atoms with Crippen molar-refractivity contribution >= 4 is 13.7 Å².